The average molecular weight is 578 g/mol. The maximum absolute atomic E-state index is 13.0. The minimum absolute atomic E-state index is 0.0175. The Morgan fingerprint density at radius 3 is 1.64 bits per heavy atom. The summed E-state index contributed by atoms with van der Waals surface area (Å²) in [5.41, 5.74) is 21.2. The van der Waals surface area contributed by atoms with Gasteiger partial charge in [-0.05, 0) is 19.8 Å². The molecule has 0 spiro atoms. The first kappa shape index (κ1) is 34.9. The van der Waals surface area contributed by atoms with Gasteiger partial charge in [-0.25, -0.2) is 4.79 Å². The highest BCUT2D eigenvalue weighted by molar-refractivity contribution is 7.80. The number of nitrogens with one attached hydrogen (secondary N) is 4. The first-order chi connectivity index (χ1) is 18.1. The van der Waals surface area contributed by atoms with E-state index in [0.29, 0.717) is 0 Å². The number of primary amides is 1. The molecule has 0 fully saturated rings. The number of thiol groups is 1. The molecule has 0 radical (unpaired) electrons. The van der Waals surface area contributed by atoms with Gasteiger partial charge in [-0.15, -0.1) is 0 Å². The Morgan fingerprint density at radius 2 is 1.23 bits per heavy atom. The molecule has 0 aliphatic carbocycles. The molecule has 0 saturated heterocycles. The van der Waals surface area contributed by atoms with Crippen molar-refractivity contribution >= 4 is 60.1 Å². The second-order valence-corrected chi connectivity index (χ2v) is 8.64. The van der Waals surface area contributed by atoms with Gasteiger partial charge >= 0.3 is 11.9 Å². The SMILES string of the molecule is C[C@H](N)C(=O)N[C@@H](CCCN=C(N)N)C(=O)N[C@@H](CC(N)=O)C(=O)N[C@@H](CC(=O)O)C(=O)N[C@@H](CS)C(=O)O. The molecule has 0 heterocycles. The van der Waals surface area contributed by atoms with Gasteiger partial charge in [0, 0.05) is 12.3 Å². The number of carbonyl (C=O) groups excluding carboxylic acids is 5. The van der Waals surface area contributed by atoms with Crippen LogP contribution >= 0.6 is 12.6 Å². The summed E-state index contributed by atoms with van der Waals surface area (Å²) in [6.45, 7) is 1.46. The van der Waals surface area contributed by atoms with Crippen molar-refractivity contribution in [3.63, 3.8) is 0 Å². The van der Waals surface area contributed by atoms with Crippen molar-refractivity contribution in [3.05, 3.63) is 0 Å². The highest BCUT2D eigenvalue weighted by Crippen LogP contribution is 2.04. The van der Waals surface area contributed by atoms with Crippen molar-refractivity contribution in [1.82, 2.24) is 21.3 Å². The Labute approximate surface area is 228 Å². The highest BCUT2D eigenvalue weighted by Gasteiger charge is 2.33. The zero-order chi connectivity index (χ0) is 30.3. The van der Waals surface area contributed by atoms with Crippen LogP contribution in [0.3, 0.4) is 0 Å². The number of aliphatic carboxylic acids is 2. The second-order valence-electron chi connectivity index (χ2n) is 8.27. The summed E-state index contributed by atoms with van der Waals surface area (Å²) in [5, 5.41) is 26.9. The van der Waals surface area contributed by atoms with Gasteiger partial charge in [-0.2, -0.15) is 12.6 Å². The second kappa shape index (κ2) is 17.4. The third-order valence-corrected chi connectivity index (χ3v) is 5.20. The molecule has 5 amide bonds. The van der Waals surface area contributed by atoms with Gasteiger partial charge in [-0.1, -0.05) is 0 Å². The van der Waals surface area contributed by atoms with E-state index >= 15 is 0 Å². The molecule has 0 saturated carbocycles. The van der Waals surface area contributed by atoms with E-state index in [-0.39, 0.29) is 31.1 Å². The lowest BCUT2D eigenvalue weighted by molar-refractivity contribution is -0.143. The maximum atomic E-state index is 13.0. The van der Waals surface area contributed by atoms with E-state index in [0.717, 1.165) is 0 Å². The molecule has 18 nitrogen and oxygen atoms in total. The standard InChI is InChI=1S/C20H35N9O9S/c1-8(21)15(33)26-9(3-2-4-25-20(23)24)16(34)27-10(5-13(22)30)17(35)28-11(6-14(31)32)18(36)29-12(7-39)19(37)38/h8-12,39H,2-7,21H2,1H3,(H2,22,30)(H,26,33)(H,27,34)(H,28,35)(H,29,36)(H,31,32)(H,37,38)(H4,23,24,25)/t8-,9-,10-,11-,12-/m0/s1. The molecule has 0 unspecified atom stereocenters. The summed E-state index contributed by atoms with van der Waals surface area (Å²) in [7, 11) is 0. The molecular formula is C20H35N9O9S. The van der Waals surface area contributed by atoms with E-state index in [1.165, 1.54) is 6.92 Å². The lowest BCUT2D eigenvalue weighted by Gasteiger charge is -2.25. The molecule has 0 rings (SSSR count). The lowest BCUT2D eigenvalue weighted by atomic mass is 10.1. The number of nitrogens with zero attached hydrogens (tertiary/aromatic N) is 1. The summed E-state index contributed by atoms with van der Waals surface area (Å²) in [6, 6.07) is -7.25. The van der Waals surface area contributed by atoms with Gasteiger partial charge in [0.05, 0.1) is 18.9 Å². The number of hydrogen-bond donors (Lipinski definition) is 11. The number of guanidine groups is 1. The van der Waals surface area contributed by atoms with Crippen molar-refractivity contribution < 1.29 is 43.8 Å². The Hall–Kier alpha value is -4.13. The monoisotopic (exact) mass is 577 g/mol. The summed E-state index contributed by atoms with van der Waals surface area (Å²) in [6.07, 6.45) is -1.55. The fraction of sp³-hybridized carbons (Fsp3) is 0.600. The fourth-order valence-corrected chi connectivity index (χ4v) is 3.12. The lowest BCUT2D eigenvalue weighted by Crippen LogP contribution is -2.59. The normalized spacial score (nSPS) is 14.3. The van der Waals surface area contributed by atoms with E-state index in [2.05, 4.69) is 33.6 Å². The smallest absolute Gasteiger partial charge is 0.327 e. The molecule has 0 aromatic rings. The van der Waals surface area contributed by atoms with Gasteiger partial charge < -0.3 is 54.4 Å². The van der Waals surface area contributed by atoms with E-state index < -0.39 is 84.5 Å². The van der Waals surface area contributed by atoms with Gasteiger partial charge in [0.1, 0.15) is 24.2 Å². The van der Waals surface area contributed by atoms with Crippen LogP contribution in [-0.4, -0.2) is 100 Å². The third kappa shape index (κ3) is 14.4. The van der Waals surface area contributed by atoms with E-state index in [1.807, 2.05) is 5.32 Å². The third-order valence-electron chi connectivity index (χ3n) is 4.84. The number of amides is 5. The number of carboxylic acid groups (broad SMARTS) is 2. The number of aliphatic imine (C=N–C) groups is 1. The molecule has 14 N–H and O–H groups in total. The first-order valence-electron chi connectivity index (χ1n) is 11.4. The number of hydrogen-bond acceptors (Lipinski definition) is 10. The topological polar surface area (TPSA) is 325 Å². The van der Waals surface area contributed by atoms with Crippen LogP contribution in [-0.2, 0) is 33.6 Å². The van der Waals surface area contributed by atoms with Gasteiger partial charge in [0.2, 0.25) is 29.5 Å². The minimum atomic E-state index is -1.79. The fourth-order valence-electron chi connectivity index (χ4n) is 2.87. The Balaban J connectivity index is 5.81. The molecule has 0 aromatic heterocycles. The largest absolute Gasteiger partial charge is 0.481 e. The highest BCUT2D eigenvalue weighted by atomic mass is 32.1. The van der Waals surface area contributed by atoms with Crippen molar-refractivity contribution in [2.45, 2.75) is 62.8 Å². The number of nitrogens with two attached hydrogens (primary N) is 4. The zero-order valence-electron chi connectivity index (χ0n) is 21.1. The number of carboxylic acids is 2. The maximum Gasteiger partial charge on any atom is 0.327 e. The summed E-state index contributed by atoms with van der Waals surface area (Å²) in [4.78, 5) is 88.2. The summed E-state index contributed by atoms with van der Waals surface area (Å²) < 4.78 is 0. The molecule has 5 atom stereocenters. The van der Waals surface area contributed by atoms with Gasteiger partial charge in [0.15, 0.2) is 5.96 Å². The van der Waals surface area contributed by atoms with E-state index in [1.54, 1.807) is 0 Å². The molecule has 19 heteroatoms. The van der Waals surface area contributed by atoms with Crippen molar-refractivity contribution in [3.8, 4) is 0 Å². The summed E-state index contributed by atoms with van der Waals surface area (Å²) in [5.74, 6) is -8.55. The first-order valence-corrected chi connectivity index (χ1v) is 12.1. The molecular weight excluding hydrogens is 542 g/mol. The molecule has 0 aromatic carbocycles. The van der Waals surface area contributed by atoms with E-state index in [4.69, 9.17) is 33.1 Å². The van der Waals surface area contributed by atoms with Crippen molar-refractivity contribution in [2.24, 2.45) is 27.9 Å². The predicted molar refractivity (Wildman–Crippen MR) is 139 cm³/mol. The molecule has 220 valence electrons. The number of rotatable bonds is 18. The van der Waals surface area contributed by atoms with Gasteiger partial charge in [-0.3, -0.25) is 33.8 Å². The average Bonchev–Trinajstić information content (AvgIpc) is 2.81. The van der Waals surface area contributed by atoms with Crippen LogP contribution < -0.4 is 44.2 Å². The Kier molecular flexibility index (Phi) is 15.6. The quantitative estimate of drug-likeness (QED) is 0.0315. The summed E-state index contributed by atoms with van der Waals surface area (Å²) >= 11 is 3.79. The van der Waals surface area contributed by atoms with Crippen LogP contribution in [0.1, 0.15) is 32.6 Å². The van der Waals surface area contributed by atoms with Crippen LogP contribution in [0.5, 0.6) is 0 Å². The Bertz CT molecular complexity index is 957. The van der Waals surface area contributed by atoms with Crippen LogP contribution in [0, 0.1) is 0 Å². The zero-order valence-corrected chi connectivity index (χ0v) is 22.0. The number of carbonyl (C=O) groups is 7. The van der Waals surface area contributed by atoms with Crippen LogP contribution in [0.4, 0.5) is 0 Å². The molecule has 39 heavy (non-hydrogen) atoms. The predicted octanol–water partition coefficient (Wildman–Crippen LogP) is -5.31. The van der Waals surface area contributed by atoms with Crippen molar-refractivity contribution in [1.29, 1.82) is 0 Å². The van der Waals surface area contributed by atoms with Crippen LogP contribution in [0.15, 0.2) is 4.99 Å². The van der Waals surface area contributed by atoms with Crippen LogP contribution in [0.2, 0.25) is 0 Å². The van der Waals surface area contributed by atoms with Gasteiger partial charge in [0.25, 0.3) is 0 Å². The van der Waals surface area contributed by atoms with E-state index in [9.17, 15) is 33.6 Å². The molecule has 0 bridgehead atoms. The van der Waals surface area contributed by atoms with Crippen molar-refractivity contribution in [2.75, 3.05) is 12.3 Å². The molecule has 0 aliphatic heterocycles. The Morgan fingerprint density at radius 1 is 0.769 bits per heavy atom. The van der Waals surface area contributed by atoms with Crippen LogP contribution in [0.25, 0.3) is 0 Å². The molecule has 0 aliphatic rings. The minimum Gasteiger partial charge on any atom is -0.481 e.